The third-order valence-electron chi connectivity index (χ3n) is 2.71. The Morgan fingerprint density at radius 1 is 1.25 bits per heavy atom. The van der Waals surface area contributed by atoms with Crippen LogP contribution in [0.5, 0.6) is 0 Å². The largest absolute Gasteiger partial charge is 0.400 e. The summed E-state index contributed by atoms with van der Waals surface area (Å²) in [5, 5.41) is 0. The van der Waals surface area contributed by atoms with Crippen molar-refractivity contribution in [2.45, 2.75) is 39.7 Å². The minimum absolute atomic E-state index is 0.125. The molecule has 0 saturated heterocycles. The summed E-state index contributed by atoms with van der Waals surface area (Å²) >= 11 is 0. The first-order valence-corrected chi connectivity index (χ1v) is 10.8. The highest BCUT2D eigenvalue weighted by Gasteiger charge is 2.29. The van der Waals surface area contributed by atoms with Crippen LogP contribution < -0.4 is 5.73 Å². The highest BCUT2D eigenvalue weighted by atomic mass is 28.2. The number of anilines is 1. The van der Waals surface area contributed by atoms with E-state index in [0.29, 0.717) is 17.9 Å². The molecule has 20 heavy (non-hydrogen) atoms. The first-order valence-electron chi connectivity index (χ1n) is 6.79. The van der Waals surface area contributed by atoms with Gasteiger partial charge in [-0.3, -0.25) is 0 Å². The zero-order chi connectivity index (χ0) is 15.0. The summed E-state index contributed by atoms with van der Waals surface area (Å²) < 4.78 is 11.6. The average Bonchev–Trinajstić information content (AvgIpc) is 2.41. The molecule has 0 saturated carbocycles. The zero-order valence-electron chi connectivity index (χ0n) is 12.6. The van der Waals surface area contributed by atoms with Crippen LogP contribution in [0, 0.1) is 17.3 Å². The predicted molar refractivity (Wildman–Crippen MR) is 86.5 cm³/mol. The van der Waals surface area contributed by atoms with Gasteiger partial charge in [-0.25, -0.2) is 9.97 Å². The zero-order valence-corrected chi connectivity index (χ0v) is 15.5. The van der Waals surface area contributed by atoms with Crippen LogP contribution in [0.4, 0.5) is 5.82 Å². The van der Waals surface area contributed by atoms with E-state index in [1.54, 1.807) is 6.20 Å². The van der Waals surface area contributed by atoms with E-state index in [1.807, 2.05) is 0 Å². The molecule has 0 amide bonds. The van der Waals surface area contributed by atoms with E-state index in [2.05, 4.69) is 48.8 Å². The Labute approximate surface area is 125 Å². The molecule has 0 aromatic carbocycles. The standard InChI is InChI=1S/C13H23N3O2Si2/c1-13(2,12(17-19-3)18-20-4)7-5-6-10-8-16-11(14)9-15-10/h8-9,12H,7,19-20H2,1-4H3,(H2,14,16). The van der Waals surface area contributed by atoms with Crippen LogP contribution >= 0.6 is 0 Å². The van der Waals surface area contributed by atoms with Crippen molar-refractivity contribution < 1.29 is 8.85 Å². The molecule has 5 nitrogen and oxygen atoms in total. The van der Waals surface area contributed by atoms with E-state index < -0.39 is 19.5 Å². The van der Waals surface area contributed by atoms with Gasteiger partial charge in [0.05, 0.1) is 12.4 Å². The van der Waals surface area contributed by atoms with Crippen LogP contribution in [0.3, 0.4) is 0 Å². The van der Waals surface area contributed by atoms with Gasteiger partial charge in [0.2, 0.25) is 0 Å². The van der Waals surface area contributed by atoms with Crippen LogP contribution in [-0.2, 0) is 8.85 Å². The third kappa shape index (κ3) is 5.42. The van der Waals surface area contributed by atoms with Crippen molar-refractivity contribution in [3.05, 3.63) is 18.1 Å². The molecule has 1 aromatic heterocycles. The minimum Gasteiger partial charge on any atom is -0.400 e. The summed E-state index contributed by atoms with van der Waals surface area (Å²) in [6.45, 7) is 8.46. The van der Waals surface area contributed by atoms with Gasteiger partial charge >= 0.3 is 0 Å². The predicted octanol–water partition coefficient (Wildman–Crippen LogP) is 0.450. The van der Waals surface area contributed by atoms with E-state index in [0.717, 1.165) is 0 Å². The van der Waals surface area contributed by atoms with Gasteiger partial charge in [-0.05, 0) is 5.92 Å². The SMILES string of the molecule is C[SiH2]OC(O[SiH2]C)C(C)(C)CC#Cc1cnc(N)cn1. The molecule has 0 bridgehead atoms. The summed E-state index contributed by atoms with van der Waals surface area (Å²) in [6, 6.07) is 0. The lowest BCUT2D eigenvalue weighted by Crippen LogP contribution is -2.35. The van der Waals surface area contributed by atoms with E-state index in [9.17, 15) is 0 Å². The van der Waals surface area contributed by atoms with E-state index in [1.165, 1.54) is 6.20 Å². The van der Waals surface area contributed by atoms with Crippen molar-refractivity contribution in [3.8, 4) is 11.8 Å². The Morgan fingerprint density at radius 2 is 1.90 bits per heavy atom. The second-order valence-corrected chi connectivity index (χ2v) is 6.86. The lowest BCUT2D eigenvalue weighted by molar-refractivity contribution is -0.0762. The topological polar surface area (TPSA) is 70.3 Å². The second-order valence-electron chi connectivity index (χ2n) is 5.04. The number of aromatic nitrogens is 2. The van der Waals surface area contributed by atoms with Crippen LogP contribution in [0.2, 0.25) is 13.1 Å². The molecule has 0 aliphatic carbocycles. The summed E-state index contributed by atoms with van der Waals surface area (Å²) in [4.78, 5) is 8.07. The molecule has 0 unspecified atom stereocenters. The first-order chi connectivity index (χ1) is 9.49. The molecule has 1 rings (SSSR count). The van der Waals surface area contributed by atoms with Crippen molar-refractivity contribution in [1.82, 2.24) is 9.97 Å². The molecule has 0 atom stereocenters. The van der Waals surface area contributed by atoms with Crippen LogP contribution in [0.1, 0.15) is 26.0 Å². The maximum atomic E-state index is 5.80. The van der Waals surface area contributed by atoms with Crippen LogP contribution in [0.15, 0.2) is 12.4 Å². The monoisotopic (exact) mass is 309 g/mol. The van der Waals surface area contributed by atoms with Gasteiger partial charge < -0.3 is 14.6 Å². The molecule has 0 fully saturated rings. The van der Waals surface area contributed by atoms with Gasteiger partial charge in [-0.2, -0.15) is 0 Å². The van der Waals surface area contributed by atoms with Gasteiger partial charge in [-0.15, -0.1) is 0 Å². The molecule has 1 heterocycles. The van der Waals surface area contributed by atoms with Crippen molar-refractivity contribution >= 4 is 25.3 Å². The Bertz CT molecular complexity index is 463. The maximum Gasteiger partial charge on any atom is 0.161 e. The highest BCUT2D eigenvalue weighted by molar-refractivity contribution is 6.26. The number of hydrogen-bond donors (Lipinski definition) is 1. The second kappa shape index (κ2) is 8.16. The molecule has 7 heteroatoms. The van der Waals surface area contributed by atoms with Gasteiger partial charge in [0, 0.05) is 11.8 Å². The van der Waals surface area contributed by atoms with Crippen molar-refractivity contribution in [2.24, 2.45) is 5.41 Å². The number of hydrogen-bond acceptors (Lipinski definition) is 5. The molecule has 0 aliphatic rings. The van der Waals surface area contributed by atoms with E-state index in [4.69, 9.17) is 14.6 Å². The Kier molecular flexibility index (Phi) is 6.88. The number of rotatable bonds is 6. The molecular formula is C13H23N3O2Si2. The average molecular weight is 310 g/mol. The fourth-order valence-corrected chi connectivity index (χ4v) is 3.54. The fraction of sp³-hybridized carbons (Fsp3) is 0.538. The fourth-order valence-electron chi connectivity index (χ4n) is 1.65. The number of nitrogen functional groups attached to an aromatic ring is 1. The van der Waals surface area contributed by atoms with E-state index >= 15 is 0 Å². The lowest BCUT2D eigenvalue weighted by atomic mass is 9.89. The van der Waals surface area contributed by atoms with Gasteiger partial charge in [-0.1, -0.05) is 32.9 Å². The number of nitrogens with two attached hydrogens (primary N) is 1. The molecule has 110 valence electrons. The van der Waals surface area contributed by atoms with Gasteiger partial charge in [0.25, 0.3) is 0 Å². The molecule has 1 aromatic rings. The van der Waals surface area contributed by atoms with Crippen LogP contribution in [0.25, 0.3) is 0 Å². The summed E-state index contributed by atoms with van der Waals surface area (Å²) in [7, 11) is -0.999. The van der Waals surface area contributed by atoms with Crippen molar-refractivity contribution in [3.63, 3.8) is 0 Å². The molecular weight excluding hydrogens is 286 g/mol. The summed E-state index contributed by atoms with van der Waals surface area (Å²) in [5.74, 6) is 6.54. The van der Waals surface area contributed by atoms with Gasteiger partial charge in [0.15, 0.2) is 19.5 Å². The third-order valence-corrected chi connectivity index (χ3v) is 3.98. The normalized spacial score (nSPS) is 13.8. The smallest absolute Gasteiger partial charge is 0.161 e. The first kappa shape index (κ1) is 16.8. The Balaban J connectivity index is 2.68. The van der Waals surface area contributed by atoms with Crippen molar-refractivity contribution in [1.29, 1.82) is 0 Å². The maximum absolute atomic E-state index is 5.80. The van der Waals surface area contributed by atoms with Crippen molar-refractivity contribution in [2.75, 3.05) is 5.73 Å². The lowest BCUT2D eigenvalue weighted by Gasteiger charge is -2.32. The summed E-state index contributed by atoms with van der Waals surface area (Å²) in [6.07, 6.45) is 3.64. The highest BCUT2D eigenvalue weighted by Crippen LogP contribution is 2.27. The molecule has 0 aliphatic heterocycles. The van der Waals surface area contributed by atoms with Crippen LogP contribution in [-0.4, -0.2) is 35.8 Å². The van der Waals surface area contributed by atoms with Gasteiger partial charge in [0.1, 0.15) is 17.8 Å². The quantitative estimate of drug-likeness (QED) is 0.469. The minimum atomic E-state index is -0.499. The Hall–Kier alpha value is -1.21. The molecule has 2 N–H and O–H groups in total. The molecule has 0 spiro atoms. The van der Waals surface area contributed by atoms with E-state index in [-0.39, 0.29) is 11.7 Å². The molecule has 0 radical (unpaired) electrons. The number of nitrogens with zero attached hydrogens (tertiary/aromatic N) is 2. The summed E-state index contributed by atoms with van der Waals surface area (Å²) in [5.41, 5.74) is 5.99. The Morgan fingerprint density at radius 3 is 2.40 bits per heavy atom.